The van der Waals surface area contributed by atoms with Crippen molar-refractivity contribution in [3.63, 3.8) is 0 Å². The monoisotopic (exact) mass is 228 g/mol. The Morgan fingerprint density at radius 1 is 1.12 bits per heavy atom. The molecule has 8 nitrogen and oxygen atoms in total. The molecule has 0 aromatic carbocycles. The van der Waals surface area contributed by atoms with E-state index >= 15 is 0 Å². The van der Waals surface area contributed by atoms with Crippen molar-refractivity contribution < 1.29 is 9.68 Å². The Kier molecular flexibility index (Phi) is 4.20. The van der Waals surface area contributed by atoms with Crippen LogP contribution in [0.15, 0.2) is 0 Å². The van der Waals surface area contributed by atoms with Crippen molar-refractivity contribution in [3.8, 4) is 0 Å². The molecule has 0 atom stereocenters. The number of nitrogens with zero attached hydrogens (tertiary/aromatic N) is 5. The highest BCUT2D eigenvalue weighted by Gasteiger charge is 2.11. The Bertz CT molecular complexity index is 347. The molecule has 0 bridgehead atoms. The highest BCUT2D eigenvalue weighted by atomic mass is 16.7. The van der Waals surface area contributed by atoms with Gasteiger partial charge in [-0.25, -0.2) is 10.1 Å². The van der Waals surface area contributed by atoms with Gasteiger partial charge in [0.05, 0.1) is 13.7 Å². The van der Waals surface area contributed by atoms with Gasteiger partial charge in [-0.05, 0) is 6.92 Å². The summed E-state index contributed by atoms with van der Waals surface area (Å²) in [5, 5.41) is 2.80. The van der Waals surface area contributed by atoms with Gasteiger partial charge >= 0.3 is 0 Å². The molecule has 0 aliphatic rings. The molecule has 1 aromatic rings. The third-order valence-corrected chi connectivity index (χ3v) is 1.79. The van der Waals surface area contributed by atoms with Gasteiger partial charge in [-0.15, -0.1) is 0 Å². The van der Waals surface area contributed by atoms with Crippen LogP contribution in [0.1, 0.15) is 6.92 Å². The van der Waals surface area contributed by atoms with Crippen LogP contribution in [0.2, 0.25) is 0 Å². The second-order valence-electron chi connectivity index (χ2n) is 2.89. The summed E-state index contributed by atoms with van der Waals surface area (Å²) in [6, 6.07) is 0. The quantitative estimate of drug-likeness (QED) is 0.695. The molecule has 0 spiro atoms. The van der Waals surface area contributed by atoms with E-state index in [4.69, 9.17) is 15.4 Å². The number of hydroxylamine groups is 2. The van der Waals surface area contributed by atoms with Crippen LogP contribution >= 0.6 is 0 Å². The van der Waals surface area contributed by atoms with Crippen molar-refractivity contribution in [3.05, 3.63) is 0 Å². The van der Waals surface area contributed by atoms with Gasteiger partial charge in [-0.1, -0.05) is 0 Å². The molecule has 0 unspecified atom stereocenters. The number of aromatic nitrogens is 3. The van der Waals surface area contributed by atoms with Crippen molar-refractivity contribution in [1.29, 1.82) is 0 Å². The van der Waals surface area contributed by atoms with Crippen LogP contribution < -0.4 is 15.9 Å². The lowest BCUT2D eigenvalue weighted by molar-refractivity contribution is 0.130. The third-order valence-electron chi connectivity index (χ3n) is 1.79. The SMILES string of the molecule is CCON(C)c1nc(N)nc(N(C)OC)n1. The Hall–Kier alpha value is -1.67. The van der Waals surface area contributed by atoms with E-state index in [0.29, 0.717) is 18.5 Å². The summed E-state index contributed by atoms with van der Waals surface area (Å²) in [6.07, 6.45) is 0. The highest BCUT2D eigenvalue weighted by Crippen LogP contribution is 2.13. The predicted molar refractivity (Wildman–Crippen MR) is 59.7 cm³/mol. The van der Waals surface area contributed by atoms with Gasteiger partial charge in [-0.2, -0.15) is 15.0 Å². The molecule has 0 amide bonds. The van der Waals surface area contributed by atoms with Crippen LogP contribution in [0.4, 0.5) is 17.8 Å². The number of hydrogen-bond donors (Lipinski definition) is 1. The van der Waals surface area contributed by atoms with E-state index in [1.165, 1.54) is 17.2 Å². The fourth-order valence-electron chi connectivity index (χ4n) is 0.984. The summed E-state index contributed by atoms with van der Waals surface area (Å²) in [7, 11) is 4.86. The third kappa shape index (κ3) is 2.91. The molecule has 2 N–H and O–H groups in total. The molecular weight excluding hydrogens is 212 g/mol. The smallest absolute Gasteiger partial charge is 0.256 e. The lowest BCUT2D eigenvalue weighted by atomic mass is 10.8. The number of hydrogen-bond acceptors (Lipinski definition) is 8. The Balaban J connectivity index is 2.97. The summed E-state index contributed by atoms with van der Waals surface area (Å²) >= 11 is 0. The fourth-order valence-corrected chi connectivity index (χ4v) is 0.984. The number of rotatable bonds is 5. The van der Waals surface area contributed by atoms with Crippen LogP contribution in [-0.2, 0) is 9.68 Å². The highest BCUT2D eigenvalue weighted by molar-refractivity contribution is 5.39. The second kappa shape index (κ2) is 5.42. The Morgan fingerprint density at radius 3 is 2.19 bits per heavy atom. The van der Waals surface area contributed by atoms with Crippen molar-refractivity contribution in [2.45, 2.75) is 6.92 Å². The minimum atomic E-state index is 0.107. The standard InChI is InChI=1S/C8H16N6O2/c1-5-16-14(3)8-11-6(9)10-7(12-8)13(2)15-4/h5H2,1-4H3,(H2,9,10,11,12). The molecule has 0 fully saturated rings. The van der Waals surface area contributed by atoms with Gasteiger partial charge in [-0.3, -0.25) is 9.68 Å². The first kappa shape index (κ1) is 12.4. The maximum absolute atomic E-state index is 5.56. The summed E-state index contributed by atoms with van der Waals surface area (Å²) in [6.45, 7) is 2.38. The first-order valence-corrected chi connectivity index (χ1v) is 4.74. The first-order chi connectivity index (χ1) is 7.58. The van der Waals surface area contributed by atoms with Gasteiger partial charge in [0.15, 0.2) is 0 Å². The normalized spacial score (nSPS) is 10.2. The fraction of sp³-hybridized carbons (Fsp3) is 0.625. The molecule has 0 saturated heterocycles. The van der Waals surface area contributed by atoms with Crippen molar-refractivity contribution in [2.24, 2.45) is 0 Å². The number of nitrogens with two attached hydrogens (primary N) is 1. The molecule has 0 radical (unpaired) electrons. The van der Waals surface area contributed by atoms with Gasteiger partial charge in [0.1, 0.15) is 0 Å². The van der Waals surface area contributed by atoms with E-state index in [0.717, 1.165) is 0 Å². The molecule has 1 aromatic heterocycles. The zero-order valence-electron chi connectivity index (χ0n) is 9.84. The maximum Gasteiger partial charge on any atom is 0.256 e. The van der Waals surface area contributed by atoms with Crippen molar-refractivity contribution in [1.82, 2.24) is 15.0 Å². The van der Waals surface area contributed by atoms with Gasteiger partial charge in [0.2, 0.25) is 5.95 Å². The first-order valence-electron chi connectivity index (χ1n) is 4.74. The molecule has 0 aliphatic heterocycles. The predicted octanol–water partition coefficient (Wildman–Crippen LogP) is -0.161. The van der Waals surface area contributed by atoms with E-state index in [1.807, 2.05) is 6.92 Å². The zero-order chi connectivity index (χ0) is 12.1. The molecule has 16 heavy (non-hydrogen) atoms. The van der Waals surface area contributed by atoms with E-state index in [1.54, 1.807) is 14.1 Å². The van der Waals surface area contributed by atoms with E-state index in [9.17, 15) is 0 Å². The van der Waals surface area contributed by atoms with Gasteiger partial charge in [0.25, 0.3) is 11.9 Å². The minimum Gasteiger partial charge on any atom is -0.368 e. The molecular formula is C8H16N6O2. The van der Waals surface area contributed by atoms with Crippen molar-refractivity contribution >= 4 is 17.8 Å². The zero-order valence-corrected chi connectivity index (χ0v) is 9.84. The van der Waals surface area contributed by atoms with Gasteiger partial charge in [0, 0.05) is 14.1 Å². The lowest BCUT2D eigenvalue weighted by Crippen LogP contribution is -2.24. The molecule has 90 valence electrons. The Morgan fingerprint density at radius 2 is 1.69 bits per heavy atom. The molecule has 8 heteroatoms. The summed E-state index contributed by atoms with van der Waals surface area (Å²) < 4.78 is 0. The van der Waals surface area contributed by atoms with Crippen molar-refractivity contribution in [2.75, 3.05) is 43.7 Å². The van der Waals surface area contributed by atoms with E-state index in [2.05, 4.69) is 15.0 Å². The lowest BCUT2D eigenvalue weighted by Gasteiger charge is -2.18. The van der Waals surface area contributed by atoms with E-state index < -0.39 is 0 Å². The minimum absolute atomic E-state index is 0.107. The van der Waals surface area contributed by atoms with Crippen LogP contribution in [0, 0.1) is 0 Å². The van der Waals surface area contributed by atoms with Crippen LogP contribution in [-0.4, -0.2) is 42.8 Å². The van der Waals surface area contributed by atoms with Crippen LogP contribution in [0.3, 0.4) is 0 Å². The summed E-state index contributed by atoms with van der Waals surface area (Å²) in [5.74, 6) is 0.750. The molecule has 1 heterocycles. The number of anilines is 3. The summed E-state index contributed by atoms with van der Waals surface area (Å²) in [5.41, 5.74) is 5.56. The molecule has 1 rings (SSSR count). The van der Waals surface area contributed by atoms with Crippen LogP contribution in [0.25, 0.3) is 0 Å². The number of nitrogen functional groups attached to an aromatic ring is 1. The van der Waals surface area contributed by atoms with Crippen LogP contribution in [0.5, 0.6) is 0 Å². The van der Waals surface area contributed by atoms with Gasteiger partial charge < -0.3 is 5.73 Å². The second-order valence-corrected chi connectivity index (χ2v) is 2.89. The van der Waals surface area contributed by atoms with E-state index in [-0.39, 0.29) is 5.95 Å². The molecule has 0 saturated carbocycles. The largest absolute Gasteiger partial charge is 0.368 e. The topological polar surface area (TPSA) is 89.6 Å². The average Bonchev–Trinajstić information content (AvgIpc) is 2.27. The Labute approximate surface area is 93.9 Å². The summed E-state index contributed by atoms with van der Waals surface area (Å²) in [4.78, 5) is 22.2. The average molecular weight is 228 g/mol. The maximum atomic E-state index is 5.56. The molecule has 0 aliphatic carbocycles.